The molecule has 0 saturated heterocycles. The second-order valence-corrected chi connectivity index (χ2v) is 13.8. The van der Waals surface area contributed by atoms with Gasteiger partial charge in [-0.1, -0.05) is 89.5 Å². The van der Waals surface area contributed by atoms with Crippen molar-refractivity contribution in [2.75, 3.05) is 18.0 Å². The van der Waals surface area contributed by atoms with Crippen LogP contribution in [-0.4, -0.2) is 50.9 Å². The van der Waals surface area contributed by atoms with Crippen LogP contribution in [0.5, 0.6) is 5.75 Å². The zero-order valence-corrected chi connectivity index (χ0v) is 28.3. The number of benzene rings is 4. The van der Waals surface area contributed by atoms with Crippen molar-refractivity contribution in [3.63, 3.8) is 0 Å². The topological polar surface area (TPSA) is 96.0 Å². The summed E-state index contributed by atoms with van der Waals surface area (Å²) in [7, 11) is -2.79. The van der Waals surface area contributed by atoms with E-state index in [1.54, 1.807) is 24.3 Å². The van der Waals surface area contributed by atoms with E-state index < -0.39 is 28.5 Å². The van der Waals surface area contributed by atoms with Gasteiger partial charge in [-0.3, -0.25) is 13.9 Å². The smallest absolute Gasteiger partial charge is 0.264 e. The average Bonchev–Trinajstić information content (AvgIpc) is 3.01. The summed E-state index contributed by atoms with van der Waals surface area (Å²) in [6.07, 6.45) is 0.232. The molecule has 0 aliphatic carbocycles. The number of methoxy groups -OCH3 is 1. The SMILES string of the molecule is COc1ccc(N(CC(=O)N(Cc2cccc(C)c2)[C@@H](Cc2ccccc2)C(=O)NC(C)C)S(=O)(=O)c2ccc(C)cc2)cc1Cl. The maximum Gasteiger partial charge on any atom is 0.264 e. The van der Waals surface area contributed by atoms with Crippen LogP contribution >= 0.6 is 11.6 Å². The average molecular weight is 662 g/mol. The zero-order chi connectivity index (χ0) is 33.4. The van der Waals surface area contributed by atoms with Gasteiger partial charge in [-0.2, -0.15) is 0 Å². The van der Waals surface area contributed by atoms with Gasteiger partial charge in [0.15, 0.2) is 0 Å². The summed E-state index contributed by atoms with van der Waals surface area (Å²) in [6.45, 7) is 7.03. The van der Waals surface area contributed by atoms with E-state index in [4.69, 9.17) is 16.3 Å². The standard InChI is InChI=1S/C36H40ClN3O5S/c1-25(2)38-36(42)33(21-28-11-7-6-8-12-28)39(23-29-13-9-10-27(4)20-29)35(41)24-40(30-16-19-34(45-5)32(37)22-30)46(43,44)31-17-14-26(3)15-18-31/h6-20,22,25,33H,21,23-24H2,1-5H3,(H,38,42)/t33-/m0/s1. The van der Waals surface area contributed by atoms with Crippen LogP contribution in [0.15, 0.2) is 102 Å². The fourth-order valence-electron chi connectivity index (χ4n) is 5.12. The molecule has 242 valence electrons. The Kier molecular flexibility index (Phi) is 11.5. The minimum absolute atomic E-state index is 0.0152. The fraction of sp³-hybridized carbons (Fsp3) is 0.278. The first-order valence-electron chi connectivity index (χ1n) is 15.0. The van der Waals surface area contributed by atoms with E-state index in [1.807, 2.05) is 82.3 Å². The highest BCUT2D eigenvalue weighted by molar-refractivity contribution is 7.92. The lowest BCUT2D eigenvalue weighted by Crippen LogP contribution is -2.54. The lowest BCUT2D eigenvalue weighted by Gasteiger charge is -2.34. The van der Waals surface area contributed by atoms with Crippen LogP contribution in [0.1, 0.15) is 36.1 Å². The number of hydrogen-bond donors (Lipinski definition) is 1. The lowest BCUT2D eigenvalue weighted by atomic mass is 10.0. The van der Waals surface area contributed by atoms with Gasteiger partial charge in [-0.05, 0) is 69.2 Å². The minimum Gasteiger partial charge on any atom is -0.495 e. The van der Waals surface area contributed by atoms with Crippen LogP contribution < -0.4 is 14.4 Å². The molecule has 0 aromatic heterocycles. The van der Waals surface area contributed by atoms with Crippen LogP contribution in [0.2, 0.25) is 5.02 Å². The van der Waals surface area contributed by atoms with Gasteiger partial charge in [0.05, 0.1) is 22.7 Å². The van der Waals surface area contributed by atoms with E-state index >= 15 is 0 Å². The summed E-state index contributed by atoms with van der Waals surface area (Å²) in [5.41, 5.74) is 3.73. The third-order valence-corrected chi connectivity index (χ3v) is 9.53. The molecular formula is C36H40ClN3O5S. The van der Waals surface area contributed by atoms with E-state index in [0.29, 0.717) is 5.75 Å². The summed E-state index contributed by atoms with van der Waals surface area (Å²) in [5, 5.41) is 3.15. The van der Waals surface area contributed by atoms with Crippen molar-refractivity contribution in [2.24, 2.45) is 0 Å². The Morgan fingerprint density at radius 3 is 2.13 bits per heavy atom. The highest BCUT2D eigenvalue weighted by atomic mass is 35.5. The Labute approximate surface area is 277 Å². The summed E-state index contributed by atoms with van der Waals surface area (Å²) in [4.78, 5) is 29.9. The fourth-order valence-corrected chi connectivity index (χ4v) is 6.78. The van der Waals surface area contributed by atoms with E-state index in [1.165, 1.54) is 30.2 Å². The second-order valence-electron chi connectivity index (χ2n) is 11.5. The Morgan fingerprint density at radius 2 is 1.52 bits per heavy atom. The number of ether oxygens (including phenoxy) is 1. The quantitative estimate of drug-likeness (QED) is 0.181. The lowest BCUT2D eigenvalue weighted by molar-refractivity contribution is -0.140. The van der Waals surface area contributed by atoms with Gasteiger partial charge in [-0.25, -0.2) is 8.42 Å². The molecule has 10 heteroatoms. The van der Waals surface area contributed by atoms with E-state index in [9.17, 15) is 18.0 Å². The van der Waals surface area contributed by atoms with Crippen molar-refractivity contribution < 1.29 is 22.7 Å². The van der Waals surface area contributed by atoms with Crippen molar-refractivity contribution in [3.05, 3.63) is 124 Å². The molecule has 46 heavy (non-hydrogen) atoms. The first-order chi connectivity index (χ1) is 21.9. The molecule has 0 unspecified atom stereocenters. The minimum atomic E-state index is -4.25. The molecule has 0 aliphatic heterocycles. The number of carbonyl (C=O) groups excluding carboxylic acids is 2. The van der Waals surface area contributed by atoms with Gasteiger partial charge < -0.3 is 15.0 Å². The van der Waals surface area contributed by atoms with Crippen LogP contribution in [0, 0.1) is 13.8 Å². The maximum absolute atomic E-state index is 14.6. The van der Waals surface area contributed by atoms with Crippen LogP contribution in [0.4, 0.5) is 5.69 Å². The molecule has 1 atom stereocenters. The van der Waals surface area contributed by atoms with Gasteiger partial charge >= 0.3 is 0 Å². The molecule has 4 aromatic carbocycles. The molecule has 0 spiro atoms. The molecule has 0 bridgehead atoms. The Morgan fingerprint density at radius 1 is 0.848 bits per heavy atom. The van der Waals surface area contributed by atoms with Crippen LogP contribution in [0.3, 0.4) is 0 Å². The Bertz CT molecular complexity index is 1760. The molecule has 0 aliphatic rings. The Hall–Kier alpha value is -4.34. The highest BCUT2D eigenvalue weighted by Crippen LogP contribution is 2.32. The number of nitrogens with one attached hydrogen (secondary N) is 1. The molecule has 4 rings (SSSR count). The first-order valence-corrected chi connectivity index (χ1v) is 16.8. The van der Waals surface area contributed by atoms with Crippen molar-refractivity contribution >= 4 is 39.1 Å². The van der Waals surface area contributed by atoms with E-state index in [-0.39, 0.29) is 40.5 Å². The molecule has 8 nitrogen and oxygen atoms in total. The van der Waals surface area contributed by atoms with E-state index in [0.717, 1.165) is 26.6 Å². The third-order valence-electron chi connectivity index (χ3n) is 7.45. The monoisotopic (exact) mass is 661 g/mol. The van der Waals surface area contributed by atoms with E-state index in [2.05, 4.69) is 5.32 Å². The summed E-state index contributed by atoms with van der Waals surface area (Å²) in [5.74, 6) is -0.525. The molecule has 4 aromatic rings. The molecule has 0 radical (unpaired) electrons. The van der Waals surface area contributed by atoms with Crippen molar-refractivity contribution in [3.8, 4) is 5.75 Å². The number of nitrogens with zero attached hydrogens (tertiary/aromatic N) is 2. The molecule has 0 saturated carbocycles. The largest absolute Gasteiger partial charge is 0.495 e. The number of carbonyl (C=O) groups is 2. The van der Waals surface area contributed by atoms with Gasteiger partial charge in [0, 0.05) is 19.0 Å². The number of aryl methyl sites for hydroxylation is 2. The summed E-state index contributed by atoms with van der Waals surface area (Å²) < 4.78 is 34.7. The van der Waals surface area contributed by atoms with Crippen LogP contribution in [-0.2, 0) is 32.6 Å². The van der Waals surface area contributed by atoms with Gasteiger partial charge in [-0.15, -0.1) is 0 Å². The zero-order valence-electron chi connectivity index (χ0n) is 26.7. The molecule has 0 heterocycles. The molecule has 0 fully saturated rings. The Balaban J connectivity index is 1.83. The van der Waals surface area contributed by atoms with Gasteiger partial charge in [0.25, 0.3) is 10.0 Å². The number of hydrogen-bond acceptors (Lipinski definition) is 5. The molecular weight excluding hydrogens is 622 g/mol. The number of amides is 2. The van der Waals surface area contributed by atoms with Crippen LogP contribution in [0.25, 0.3) is 0 Å². The van der Waals surface area contributed by atoms with Crippen molar-refractivity contribution in [1.29, 1.82) is 0 Å². The van der Waals surface area contributed by atoms with Crippen molar-refractivity contribution in [2.45, 2.75) is 57.6 Å². The highest BCUT2D eigenvalue weighted by Gasteiger charge is 2.35. The predicted octanol–water partition coefficient (Wildman–Crippen LogP) is 6.33. The number of anilines is 1. The normalized spacial score (nSPS) is 12.0. The van der Waals surface area contributed by atoms with Gasteiger partial charge in [0.2, 0.25) is 11.8 Å². The summed E-state index contributed by atoms with van der Waals surface area (Å²) in [6, 6.07) is 27.0. The number of rotatable bonds is 13. The number of halogens is 1. The second kappa shape index (κ2) is 15.3. The predicted molar refractivity (Wildman–Crippen MR) is 183 cm³/mol. The molecule has 2 amide bonds. The maximum atomic E-state index is 14.6. The number of sulfonamides is 1. The summed E-state index contributed by atoms with van der Waals surface area (Å²) >= 11 is 6.45. The third kappa shape index (κ3) is 8.68. The first kappa shape index (κ1) is 34.5. The van der Waals surface area contributed by atoms with Crippen molar-refractivity contribution in [1.82, 2.24) is 10.2 Å². The van der Waals surface area contributed by atoms with Gasteiger partial charge in [0.1, 0.15) is 18.3 Å². The molecule has 1 N–H and O–H groups in total.